The number of rotatable bonds is 3. The molecule has 1 heterocycles. The van der Waals surface area contributed by atoms with E-state index in [2.05, 4.69) is 12.6 Å². The van der Waals surface area contributed by atoms with Crippen LogP contribution in [0, 0.1) is 0 Å². The molecular formula is C13H17NO2S. The van der Waals surface area contributed by atoms with Crippen molar-refractivity contribution in [3.63, 3.8) is 0 Å². The number of hydrogen-bond acceptors (Lipinski definition) is 3. The number of β-amino-alcohol motifs (C(OH)–C–C–N with tert-alkyl or cyclic N) is 1. The highest BCUT2D eigenvalue weighted by atomic mass is 32.1. The molecule has 92 valence electrons. The first-order valence-corrected chi connectivity index (χ1v) is 6.37. The first-order chi connectivity index (χ1) is 8.16. The van der Waals surface area contributed by atoms with Gasteiger partial charge in [0.25, 0.3) is 0 Å². The molecule has 1 saturated heterocycles. The maximum absolute atomic E-state index is 12.0. The highest BCUT2D eigenvalue weighted by Gasteiger charge is 2.28. The molecule has 0 radical (unpaired) electrons. The van der Waals surface area contributed by atoms with Crippen LogP contribution in [-0.2, 0) is 11.2 Å². The van der Waals surface area contributed by atoms with Crippen molar-refractivity contribution in [1.82, 2.24) is 4.90 Å². The molecule has 1 aliphatic heterocycles. The molecule has 2 atom stereocenters. The van der Waals surface area contributed by atoms with Crippen molar-refractivity contribution in [3.05, 3.63) is 35.9 Å². The van der Waals surface area contributed by atoms with Crippen LogP contribution in [-0.4, -0.2) is 40.4 Å². The number of aliphatic hydroxyl groups excluding tert-OH is 1. The van der Waals surface area contributed by atoms with Gasteiger partial charge in [-0.2, -0.15) is 12.6 Å². The Hall–Kier alpha value is -1.00. The van der Waals surface area contributed by atoms with Crippen LogP contribution in [0.5, 0.6) is 0 Å². The normalized spacial score (nSPS) is 21.5. The van der Waals surface area contributed by atoms with Crippen LogP contribution in [0.2, 0.25) is 0 Å². The van der Waals surface area contributed by atoms with Crippen LogP contribution in [0.4, 0.5) is 0 Å². The number of carbonyl (C=O) groups excluding carboxylic acids is 1. The lowest BCUT2D eigenvalue weighted by molar-refractivity contribution is -0.129. The number of aliphatic hydroxyl groups is 1. The van der Waals surface area contributed by atoms with Crippen LogP contribution in [0.15, 0.2) is 30.3 Å². The van der Waals surface area contributed by atoms with Gasteiger partial charge in [-0.05, 0) is 18.4 Å². The third-order valence-corrected chi connectivity index (χ3v) is 3.44. The van der Waals surface area contributed by atoms with Crippen molar-refractivity contribution >= 4 is 18.5 Å². The second-order valence-electron chi connectivity index (χ2n) is 4.43. The minimum Gasteiger partial charge on any atom is -0.391 e. The van der Waals surface area contributed by atoms with E-state index in [0.29, 0.717) is 25.9 Å². The van der Waals surface area contributed by atoms with E-state index in [4.69, 9.17) is 0 Å². The molecule has 1 aliphatic rings. The molecule has 1 aromatic carbocycles. The van der Waals surface area contributed by atoms with Crippen molar-refractivity contribution in [2.24, 2.45) is 0 Å². The summed E-state index contributed by atoms with van der Waals surface area (Å²) < 4.78 is 0. The fourth-order valence-electron chi connectivity index (χ4n) is 2.08. The molecule has 0 aromatic heterocycles. The molecule has 0 saturated carbocycles. The lowest BCUT2D eigenvalue weighted by Gasteiger charge is -2.19. The standard InChI is InChI=1S/C13H17NO2S/c15-11-6-7-14(9-11)13(16)12(17)8-10-4-2-1-3-5-10/h1-5,11-12,15,17H,6-9H2. The molecular weight excluding hydrogens is 234 g/mol. The number of likely N-dealkylation sites (tertiary alicyclic amines) is 1. The molecule has 1 aromatic rings. The van der Waals surface area contributed by atoms with Crippen molar-refractivity contribution in [2.45, 2.75) is 24.2 Å². The summed E-state index contributed by atoms with van der Waals surface area (Å²) >= 11 is 4.37. The number of nitrogens with zero attached hydrogens (tertiary/aromatic N) is 1. The largest absolute Gasteiger partial charge is 0.391 e. The van der Waals surface area contributed by atoms with E-state index in [9.17, 15) is 9.90 Å². The fourth-order valence-corrected chi connectivity index (χ4v) is 2.45. The molecule has 2 unspecified atom stereocenters. The molecule has 17 heavy (non-hydrogen) atoms. The zero-order valence-electron chi connectivity index (χ0n) is 9.62. The Balaban J connectivity index is 1.92. The molecule has 0 bridgehead atoms. The number of thiol groups is 1. The summed E-state index contributed by atoms with van der Waals surface area (Å²) in [5.74, 6) is 0.0220. The van der Waals surface area contributed by atoms with Gasteiger partial charge in [0.15, 0.2) is 0 Å². The molecule has 1 fully saturated rings. The summed E-state index contributed by atoms with van der Waals surface area (Å²) in [7, 11) is 0. The van der Waals surface area contributed by atoms with Crippen molar-refractivity contribution < 1.29 is 9.90 Å². The topological polar surface area (TPSA) is 40.5 Å². The van der Waals surface area contributed by atoms with Crippen LogP contribution >= 0.6 is 12.6 Å². The van der Waals surface area contributed by atoms with Gasteiger partial charge in [0.2, 0.25) is 5.91 Å². The molecule has 4 heteroatoms. The highest BCUT2D eigenvalue weighted by molar-refractivity contribution is 7.81. The van der Waals surface area contributed by atoms with Crippen LogP contribution < -0.4 is 0 Å². The molecule has 3 nitrogen and oxygen atoms in total. The Morgan fingerprint density at radius 1 is 1.47 bits per heavy atom. The quantitative estimate of drug-likeness (QED) is 0.790. The van der Waals surface area contributed by atoms with E-state index in [-0.39, 0.29) is 17.3 Å². The number of carbonyl (C=O) groups is 1. The fraction of sp³-hybridized carbons (Fsp3) is 0.462. The molecule has 0 aliphatic carbocycles. The third kappa shape index (κ3) is 3.23. The summed E-state index contributed by atoms with van der Waals surface area (Å²) in [6.07, 6.45) is 0.948. The van der Waals surface area contributed by atoms with Crippen LogP contribution in [0.3, 0.4) is 0 Å². The van der Waals surface area contributed by atoms with E-state index in [1.165, 1.54) is 0 Å². The maximum Gasteiger partial charge on any atom is 0.235 e. The maximum atomic E-state index is 12.0. The lowest BCUT2D eigenvalue weighted by atomic mass is 10.1. The van der Waals surface area contributed by atoms with Crippen molar-refractivity contribution in [3.8, 4) is 0 Å². The van der Waals surface area contributed by atoms with Gasteiger partial charge >= 0.3 is 0 Å². The van der Waals surface area contributed by atoms with Gasteiger partial charge in [-0.3, -0.25) is 4.79 Å². The SMILES string of the molecule is O=C(C(S)Cc1ccccc1)N1CCC(O)C1. The molecule has 1 N–H and O–H groups in total. The smallest absolute Gasteiger partial charge is 0.235 e. The lowest BCUT2D eigenvalue weighted by Crippen LogP contribution is -2.36. The molecule has 0 spiro atoms. The van der Waals surface area contributed by atoms with Gasteiger partial charge in [0.05, 0.1) is 11.4 Å². The van der Waals surface area contributed by atoms with E-state index in [1.807, 2.05) is 30.3 Å². The first-order valence-electron chi connectivity index (χ1n) is 5.85. The highest BCUT2D eigenvalue weighted by Crippen LogP contribution is 2.15. The average molecular weight is 251 g/mol. The van der Waals surface area contributed by atoms with Crippen LogP contribution in [0.1, 0.15) is 12.0 Å². The predicted molar refractivity (Wildman–Crippen MR) is 70.1 cm³/mol. The van der Waals surface area contributed by atoms with Gasteiger partial charge in [-0.15, -0.1) is 0 Å². The predicted octanol–water partition coefficient (Wildman–Crippen LogP) is 1.12. The van der Waals surface area contributed by atoms with Gasteiger partial charge in [0.1, 0.15) is 0 Å². The second kappa shape index (κ2) is 5.56. The summed E-state index contributed by atoms with van der Waals surface area (Å²) in [4.78, 5) is 13.7. The monoisotopic (exact) mass is 251 g/mol. The van der Waals surface area contributed by atoms with Gasteiger partial charge in [-0.25, -0.2) is 0 Å². The minimum absolute atomic E-state index is 0.0220. The number of benzene rings is 1. The van der Waals surface area contributed by atoms with E-state index >= 15 is 0 Å². The summed E-state index contributed by atoms with van der Waals surface area (Å²) in [6.45, 7) is 1.09. The Morgan fingerprint density at radius 2 is 2.18 bits per heavy atom. The molecule has 1 amide bonds. The Labute approximate surface area is 107 Å². The summed E-state index contributed by atoms with van der Waals surface area (Å²) in [6, 6.07) is 9.86. The van der Waals surface area contributed by atoms with Crippen molar-refractivity contribution in [1.29, 1.82) is 0 Å². The Bertz CT molecular complexity index is 382. The minimum atomic E-state index is -0.365. The Kier molecular flexibility index (Phi) is 4.07. The summed E-state index contributed by atoms with van der Waals surface area (Å²) in [5, 5.41) is 9.08. The zero-order chi connectivity index (χ0) is 12.3. The van der Waals surface area contributed by atoms with E-state index in [0.717, 1.165) is 5.56 Å². The van der Waals surface area contributed by atoms with E-state index in [1.54, 1.807) is 4.90 Å². The first kappa shape index (κ1) is 12.5. The second-order valence-corrected chi connectivity index (χ2v) is 5.06. The number of hydrogen-bond donors (Lipinski definition) is 2. The van der Waals surface area contributed by atoms with Crippen LogP contribution in [0.25, 0.3) is 0 Å². The van der Waals surface area contributed by atoms with Gasteiger partial charge in [-0.1, -0.05) is 30.3 Å². The van der Waals surface area contributed by atoms with Crippen molar-refractivity contribution in [2.75, 3.05) is 13.1 Å². The van der Waals surface area contributed by atoms with Gasteiger partial charge < -0.3 is 10.0 Å². The third-order valence-electron chi connectivity index (χ3n) is 3.03. The number of amides is 1. The zero-order valence-corrected chi connectivity index (χ0v) is 10.5. The molecule has 2 rings (SSSR count). The Morgan fingerprint density at radius 3 is 2.76 bits per heavy atom. The van der Waals surface area contributed by atoms with Gasteiger partial charge in [0, 0.05) is 13.1 Å². The van der Waals surface area contributed by atoms with E-state index < -0.39 is 0 Å². The average Bonchev–Trinajstić information content (AvgIpc) is 2.76. The summed E-state index contributed by atoms with van der Waals surface area (Å²) in [5.41, 5.74) is 1.11.